The van der Waals surface area contributed by atoms with Crippen molar-refractivity contribution in [1.82, 2.24) is 0 Å². The third-order valence-electron chi connectivity index (χ3n) is 10.9. The number of furan rings is 2. The Morgan fingerprint density at radius 2 is 0.348 bits per heavy atom. The Hall–Kier alpha value is 12.7. The van der Waals surface area contributed by atoms with Gasteiger partial charge in [-0.1, -0.05) is 0 Å². The maximum Gasteiger partial charge on any atom is 0.380 e. The van der Waals surface area contributed by atoms with E-state index in [-0.39, 0.29) is 56.1 Å². The van der Waals surface area contributed by atoms with Crippen LogP contribution in [-0.2, 0) is 742 Å². The van der Waals surface area contributed by atoms with Gasteiger partial charge in [-0.25, -0.2) is 0 Å². The van der Waals surface area contributed by atoms with Crippen LogP contribution < -0.4 is 18.9 Å². The first-order chi connectivity index (χ1) is 64.8. The van der Waals surface area contributed by atoms with E-state index in [9.17, 15) is 0 Å². The Morgan fingerprint density at radius 1 is 0.205 bits per heavy atom. The summed E-state index contributed by atoms with van der Waals surface area (Å²) < 4.78 is 131. The molecule has 6 aromatic rings. The van der Waals surface area contributed by atoms with Crippen LogP contribution in [0.15, 0.2) is 93.8 Å². The van der Waals surface area contributed by atoms with Crippen molar-refractivity contribution in [3.05, 3.63) is 96.1 Å². The molecule has 1 aliphatic carbocycles. The van der Waals surface area contributed by atoms with Crippen molar-refractivity contribution in [1.29, 1.82) is 0 Å². The molecule has 0 unspecified atom stereocenters. The highest BCUT2D eigenvalue weighted by Crippen LogP contribution is 2.67. The molecule has 2 aromatic heterocycles. The van der Waals surface area contributed by atoms with E-state index in [0.29, 0.717) is 11.5 Å². The van der Waals surface area contributed by atoms with Crippen molar-refractivity contribution >= 4 is 775 Å². The molecular formula is C37H26F6O6S83. The molecule has 0 spiro atoms. The molecule has 0 saturated carbocycles. The SMILES string of the molecule is COc1ccc(-c2oc3ccc(OC)cc3c2C2=C(c3c(-c4ccc(OC)cc4)oc4ccc(OC)cc34)C(F)(F)C(F)(F)C2(F)F)cc1.S=S=S=S=S=S=S=S=S=S=S=S=S=S=S=S=S=S=S=S=S=S=S=S=S=S=S=S=S=S=S=S=S=S=S=S=S=S=S=S=S=S=S=S=S=S=S=S=S=S=S=S=S=S=S=S=S=S=S=S=S=S=S=S=S=S=S=S=S=S=S=S=S=S=S=S=S=S=S=S=S=S=S. The lowest BCUT2D eigenvalue weighted by molar-refractivity contribution is -0.254. The van der Waals surface area contributed by atoms with Crippen LogP contribution in [0, 0.1) is 0 Å². The van der Waals surface area contributed by atoms with E-state index >= 15 is 26.3 Å². The quantitative estimate of drug-likeness (QED) is 0.140. The molecule has 0 fully saturated rings. The van der Waals surface area contributed by atoms with Crippen LogP contribution in [0.3, 0.4) is 0 Å². The standard InChI is InChI=1S/C37H26F6O6.S83/c1-44-21-9-5-19(6-10-21)33-29(25-17-23(46-3)13-15-27(25)48-33)31-32(36(40,41)37(42,43)35(31,38)39)30-26-18-24(47-4)14-16-28(26)49-34(30)20-7-11-22(45-2)12-8-20;1-3-5-7-9-11-13-15-17-19-21-23-25-27-29-31-33-35-37-39-41-43-45-47-49-51-53-55-57-59-61-63-65-67-69-71-73-75-77-79-81-83-82-80-78-76-74-72-70-68-66-64-62-60-58-56-54-52-50-48-46-44-42-40-38-36-34-32-30-28-26-24-22-20-18-16-14-12-10-8-6-4-2/h5-18H,1-4H3;. The second-order valence-electron chi connectivity index (χ2n) is 16.8. The topological polar surface area (TPSA) is 63.2 Å². The summed E-state index contributed by atoms with van der Waals surface area (Å²) in [5.41, 5.74) is -4.35. The number of alkyl halides is 6. The smallest absolute Gasteiger partial charge is 0.380 e. The first-order valence-electron chi connectivity index (χ1n) is 28.4. The predicted molar refractivity (Wildman–Crippen MR) is 782 cm³/mol. The van der Waals surface area contributed by atoms with Gasteiger partial charge in [-0.05, 0) is 84.9 Å². The molecule has 0 N–H and O–H groups in total. The zero-order valence-corrected chi connectivity index (χ0v) is 128. The largest absolute Gasteiger partial charge is 0.497 e. The summed E-state index contributed by atoms with van der Waals surface area (Å²) in [5.74, 6) is -16.3. The van der Waals surface area contributed by atoms with Gasteiger partial charge in [0.05, 0.1) is 28.4 Å². The van der Waals surface area contributed by atoms with Crippen LogP contribution in [0.1, 0.15) is 11.1 Å². The first-order valence-corrected chi connectivity index (χ1v) is 138. The van der Waals surface area contributed by atoms with Crippen LogP contribution >= 0.6 is 0 Å². The minimum atomic E-state index is -5.88. The Morgan fingerprint density at radius 3 is 0.492 bits per heavy atom. The third kappa shape index (κ3) is 58.9. The highest BCUT2D eigenvalue weighted by molar-refractivity contribution is 8.86. The Balaban J connectivity index is 0.000000457. The van der Waals surface area contributed by atoms with Gasteiger partial charge in [-0.2, -0.15) is 26.3 Å². The minimum Gasteiger partial charge on any atom is -0.497 e. The number of allylic oxidation sites excluding steroid dienone is 2. The summed E-state index contributed by atoms with van der Waals surface area (Å²) in [6.07, 6.45) is 0. The van der Waals surface area contributed by atoms with Gasteiger partial charge in [-0.3, -0.25) is 0 Å². The number of hydrogen-bond donors (Lipinski definition) is 0. The van der Waals surface area contributed by atoms with E-state index in [0.717, 1.165) is 0 Å². The molecule has 132 heavy (non-hydrogen) atoms. The monoisotopic (exact) mass is 3330 g/mol. The van der Waals surface area contributed by atoms with E-state index in [4.69, 9.17) is 50.2 Å². The van der Waals surface area contributed by atoms with Crippen molar-refractivity contribution in [3.63, 3.8) is 0 Å². The van der Waals surface area contributed by atoms with E-state index in [1.54, 1.807) is 107 Å². The van der Waals surface area contributed by atoms with Crippen LogP contribution in [0.2, 0.25) is 0 Å². The van der Waals surface area contributed by atoms with Gasteiger partial charge in [0.25, 0.3) is 0 Å². The highest BCUT2D eigenvalue weighted by Gasteiger charge is 2.81. The maximum atomic E-state index is 16.5. The number of hydrogen-bond acceptors (Lipinski definition) is 8. The van der Waals surface area contributed by atoms with Crippen molar-refractivity contribution < 1.29 is 54.1 Å². The lowest BCUT2D eigenvalue weighted by atomic mass is 9.89. The van der Waals surface area contributed by atoms with Gasteiger partial charge in [0.1, 0.15) is 45.7 Å². The molecule has 6 nitrogen and oxygen atoms in total. The van der Waals surface area contributed by atoms with Gasteiger partial charge < -0.3 is 27.8 Å². The van der Waals surface area contributed by atoms with Gasteiger partial charge in [0, 0.05) is 786 Å². The summed E-state index contributed by atoms with van der Waals surface area (Å²) in [7, 11) is 152. The lowest BCUT2D eigenvalue weighted by Crippen LogP contribution is -2.48. The van der Waals surface area contributed by atoms with Gasteiger partial charge in [0.2, 0.25) is 0 Å². The van der Waals surface area contributed by atoms with E-state index in [1.807, 2.05) is 595 Å². The molecule has 95 heteroatoms. The molecule has 0 aliphatic heterocycles. The van der Waals surface area contributed by atoms with Crippen molar-refractivity contribution in [3.8, 4) is 45.6 Å². The predicted octanol–water partition coefficient (Wildman–Crippen LogP) is 10.2. The van der Waals surface area contributed by atoms with Gasteiger partial charge in [-0.15, -0.1) is 0 Å². The van der Waals surface area contributed by atoms with E-state index < -0.39 is 40.0 Å². The molecule has 0 radical (unpaired) electrons. The van der Waals surface area contributed by atoms with Crippen LogP contribution in [0.5, 0.6) is 23.0 Å². The summed E-state index contributed by atoms with van der Waals surface area (Å²) in [5, 5.41) is -0.301. The fourth-order valence-electron chi connectivity index (χ4n) is 7.08. The summed E-state index contributed by atoms with van der Waals surface area (Å²) >= 11 is 9.65. The maximum absolute atomic E-state index is 16.5. The zero-order valence-electron chi connectivity index (χ0n) is 60.2. The van der Waals surface area contributed by atoms with Crippen molar-refractivity contribution in [2.24, 2.45) is 0 Å². The summed E-state index contributed by atoms with van der Waals surface area (Å²) in [6.45, 7) is 0. The van der Waals surface area contributed by atoms with E-state index in [2.05, 4.69) is 0 Å². The highest BCUT2D eigenvalue weighted by atomic mass is 33.6. The molecule has 0 amide bonds. The number of ether oxygens (including phenoxy) is 4. The number of fused-ring (bicyclic) bond motifs is 2. The van der Waals surface area contributed by atoms with Crippen molar-refractivity contribution in [2.45, 2.75) is 17.8 Å². The molecule has 2 heterocycles. The second kappa shape index (κ2) is 90.7. The second-order valence-corrected chi connectivity index (χ2v) is 160. The molecule has 7 rings (SSSR count). The molecule has 0 atom stereocenters. The third-order valence-corrected chi connectivity index (χ3v) is 189. The fourth-order valence-corrected chi connectivity index (χ4v) is 224. The average Bonchev–Trinajstić information content (AvgIpc) is 1.51. The normalized spacial score (nSPS) is 11.0. The van der Waals surface area contributed by atoms with Crippen LogP contribution in [0.25, 0.3) is 55.7 Å². The molecule has 750 valence electrons. The van der Waals surface area contributed by atoms with E-state index in [1.165, 1.54) is 131 Å². The van der Waals surface area contributed by atoms with Crippen LogP contribution in [0.4, 0.5) is 26.3 Å². The molecule has 4 aromatic carbocycles. The Labute approximate surface area is 991 Å². The molecule has 0 saturated heterocycles. The van der Waals surface area contributed by atoms with Crippen molar-refractivity contribution in [2.75, 3.05) is 28.4 Å². The number of halogens is 6. The molecule has 1 aliphatic rings. The summed E-state index contributed by atoms with van der Waals surface area (Å²) in [4.78, 5) is 0. The first kappa shape index (κ1) is 133. The Bertz CT molecular complexity index is 9180. The molecule has 0 bridgehead atoms. The van der Waals surface area contributed by atoms with Gasteiger partial charge >= 0.3 is 17.8 Å². The fraction of sp³-hybridized carbons (Fsp3) is 0.189. The van der Waals surface area contributed by atoms with Gasteiger partial charge in [0.15, 0.2) is 0 Å². The number of methoxy groups -OCH3 is 4. The number of benzene rings is 4. The van der Waals surface area contributed by atoms with Crippen LogP contribution in [-0.4, -0.2) is 46.2 Å². The number of rotatable bonds is 8. The minimum absolute atomic E-state index is 0.0306. The summed E-state index contributed by atoms with van der Waals surface area (Å²) in [6, 6.07) is 20.0. The zero-order chi connectivity index (χ0) is 94.2. The molecular weight excluding hydrogens is 3320 g/mol. The Kier molecular flexibility index (Phi) is 91.6. The average molecular weight is 3340 g/mol. The lowest BCUT2D eigenvalue weighted by Gasteiger charge is -2.26.